The Balaban J connectivity index is 4.78. The van der Waals surface area contributed by atoms with Crippen LogP contribution in [0.4, 0.5) is 0 Å². The van der Waals surface area contributed by atoms with Gasteiger partial charge < -0.3 is 46.2 Å². The van der Waals surface area contributed by atoms with Crippen LogP contribution in [0.15, 0.2) is 0 Å². The van der Waals surface area contributed by atoms with Crippen LogP contribution in [0.2, 0.25) is 0 Å². The number of nitrogens with zero attached hydrogens (tertiary/aromatic N) is 6. The van der Waals surface area contributed by atoms with E-state index in [0.717, 1.165) is 24.5 Å². The Kier molecular flexibility index (Phi) is 17.9. The van der Waals surface area contributed by atoms with Gasteiger partial charge in [-0.2, -0.15) is 0 Å². The van der Waals surface area contributed by atoms with E-state index < -0.39 is 47.4 Å². The molecule has 0 aliphatic heterocycles. The van der Waals surface area contributed by atoms with Crippen LogP contribution in [0.25, 0.3) is 0 Å². The molecule has 17 heteroatoms. The molecule has 8 amide bonds. The first kappa shape index (κ1) is 39.7. The predicted molar refractivity (Wildman–Crippen MR) is 160 cm³/mol. The van der Waals surface area contributed by atoms with E-state index >= 15 is 0 Å². The number of amides is 8. The number of primary amides is 1. The average molecular weight is 628 g/mol. The number of nitrogens with one attached hydrogen (secondary N) is 1. The van der Waals surface area contributed by atoms with Crippen LogP contribution in [0.3, 0.4) is 0 Å². The largest absolute Gasteiger partial charge is 0.368 e. The summed E-state index contributed by atoms with van der Waals surface area (Å²) < 4.78 is 0. The van der Waals surface area contributed by atoms with E-state index in [9.17, 15) is 38.4 Å². The third kappa shape index (κ3) is 14.8. The van der Waals surface area contributed by atoms with Gasteiger partial charge in [-0.1, -0.05) is 6.92 Å². The molecule has 0 spiro atoms. The van der Waals surface area contributed by atoms with E-state index in [1.54, 1.807) is 6.92 Å². The Bertz CT molecular complexity index is 1050. The Morgan fingerprint density at radius 2 is 0.864 bits per heavy atom. The molecule has 17 nitrogen and oxygen atoms in total. The Labute approximate surface area is 258 Å². The SMILES string of the molecule is CCC(=O)N(C)CC(=O)N(C)CC(=O)N(C)CC(=O)N(C)CC(=O)N(C)CC(=O)N(C)CC(=O)N[C@H](CCCCN)C(N)=O. The van der Waals surface area contributed by atoms with E-state index in [-0.39, 0.29) is 51.6 Å². The molecule has 250 valence electrons. The summed E-state index contributed by atoms with van der Waals surface area (Å²) in [5, 5.41) is 2.49. The van der Waals surface area contributed by atoms with E-state index in [1.807, 2.05) is 0 Å². The molecule has 0 unspecified atom stereocenters. The van der Waals surface area contributed by atoms with Crippen LogP contribution < -0.4 is 16.8 Å². The minimum atomic E-state index is -0.892. The quantitative estimate of drug-likeness (QED) is 0.120. The first-order chi connectivity index (χ1) is 20.4. The third-order valence-electron chi connectivity index (χ3n) is 6.73. The van der Waals surface area contributed by atoms with Gasteiger partial charge in [-0.25, -0.2) is 0 Å². The molecule has 44 heavy (non-hydrogen) atoms. The van der Waals surface area contributed by atoms with Crippen molar-refractivity contribution in [2.24, 2.45) is 11.5 Å². The first-order valence-corrected chi connectivity index (χ1v) is 14.2. The maximum atomic E-state index is 12.7. The van der Waals surface area contributed by atoms with Crippen molar-refractivity contribution in [2.75, 3.05) is 88.1 Å². The highest BCUT2D eigenvalue weighted by atomic mass is 16.2. The predicted octanol–water partition coefficient (Wildman–Crippen LogP) is -3.75. The van der Waals surface area contributed by atoms with Crippen LogP contribution in [-0.2, 0) is 38.4 Å². The van der Waals surface area contributed by atoms with Crippen LogP contribution in [0, 0.1) is 0 Å². The number of likely N-dealkylation sites (N-methyl/N-ethyl adjacent to an activating group) is 6. The van der Waals surface area contributed by atoms with Crippen molar-refractivity contribution >= 4 is 47.3 Å². The zero-order chi connectivity index (χ0) is 34.1. The van der Waals surface area contributed by atoms with E-state index in [1.165, 1.54) is 47.2 Å². The van der Waals surface area contributed by atoms with Crippen LogP contribution in [0.1, 0.15) is 32.6 Å². The van der Waals surface area contributed by atoms with Gasteiger partial charge in [0.25, 0.3) is 0 Å². The smallest absolute Gasteiger partial charge is 0.242 e. The molecule has 0 aromatic rings. The summed E-state index contributed by atoms with van der Waals surface area (Å²) in [6, 6.07) is -0.892. The topological polar surface area (TPSA) is 220 Å². The second kappa shape index (κ2) is 19.8. The van der Waals surface area contributed by atoms with E-state index in [0.29, 0.717) is 25.8 Å². The van der Waals surface area contributed by atoms with Gasteiger partial charge in [0.2, 0.25) is 47.3 Å². The Morgan fingerprint density at radius 3 is 1.16 bits per heavy atom. The molecule has 5 N–H and O–H groups in total. The number of rotatable bonds is 19. The summed E-state index contributed by atoms with van der Waals surface area (Å²) in [5.74, 6) is -4.15. The lowest BCUT2D eigenvalue weighted by molar-refractivity contribution is -0.145. The second-order valence-electron chi connectivity index (χ2n) is 10.7. The van der Waals surface area contributed by atoms with E-state index in [4.69, 9.17) is 11.5 Å². The fourth-order valence-corrected chi connectivity index (χ4v) is 3.65. The van der Waals surface area contributed by atoms with Crippen LogP contribution in [0.5, 0.6) is 0 Å². The van der Waals surface area contributed by atoms with Crippen molar-refractivity contribution in [3.63, 3.8) is 0 Å². The van der Waals surface area contributed by atoms with Gasteiger partial charge in [0.05, 0.1) is 39.3 Å². The van der Waals surface area contributed by atoms with Gasteiger partial charge >= 0.3 is 0 Å². The highest BCUT2D eigenvalue weighted by Gasteiger charge is 2.24. The van der Waals surface area contributed by atoms with Gasteiger partial charge in [0.1, 0.15) is 6.04 Å². The standard InChI is InChI=1S/C27H49N9O8/c1-8-21(38)32(3)14-23(40)34(5)16-25(42)36(7)18-26(43)35(6)17-24(41)33(4)15-22(39)31(2)13-20(37)30-19(27(29)44)11-9-10-12-28/h19H,8-18,28H2,1-7H3,(H2,29,44)(H,30,37)/t19-/m1/s1. The first-order valence-electron chi connectivity index (χ1n) is 14.2. The van der Waals surface area contributed by atoms with Crippen molar-refractivity contribution in [3.8, 4) is 0 Å². The highest BCUT2D eigenvalue weighted by Crippen LogP contribution is 2.01. The molecule has 0 aliphatic carbocycles. The van der Waals surface area contributed by atoms with Crippen LogP contribution >= 0.6 is 0 Å². The molecule has 0 aromatic carbocycles. The number of carbonyl (C=O) groups is 8. The fraction of sp³-hybridized carbons (Fsp3) is 0.704. The van der Waals surface area contributed by atoms with Crippen molar-refractivity contribution in [1.29, 1.82) is 0 Å². The molecule has 0 aromatic heterocycles. The van der Waals surface area contributed by atoms with Crippen LogP contribution in [-0.4, -0.2) is 171 Å². The molecule has 0 heterocycles. The minimum Gasteiger partial charge on any atom is -0.368 e. The molecule has 0 radical (unpaired) electrons. The number of nitrogens with two attached hydrogens (primary N) is 2. The lowest BCUT2D eigenvalue weighted by Gasteiger charge is -2.26. The number of carbonyl (C=O) groups excluding carboxylic acids is 8. The molecule has 0 bridgehead atoms. The number of unbranched alkanes of at least 4 members (excludes halogenated alkanes) is 1. The van der Waals surface area contributed by atoms with Gasteiger partial charge in [-0.3, -0.25) is 38.4 Å². The third-order valence-corrected chi connectivity index (χ3v) is 6.73. The normalized spacial score (nSPS) is 11.1. The molecular weight excluding hydrogens is 578 g/mol. The molecule has 1 atom stereocenters. The fourth-order valence-electron chi connectivity index (χ4n) is 3.65. The van der Waals surface area contributed by atoms with Gasteiger partial charge in [-0.05, 0) is 25.8 Å². The summed E-state index contributed by atoms with van der Waals surface area (Å²) in [4.78, 5) is 105. The molecular formula is C27H49N9O8. The van der Waals surface area contributed by atoms with Crippen molar-refractivity contribution < 1.29 is 38.4 Å². The summed E-state index contributed by atoms with van der Waals surface area (Å²) in [6.07, 6.45) is 1.82. The Morgan fingerprint density at radius 1 is 0.545 bits per heavy atom. The molecule has 0 aliphatic rings. The molecule has 0 saturated carbocycles. The minimum absolute atomic E-state index is 0.186. The zero-order valence-corrected chi connectivity index (χ0v) is 27.0. The van der Waals surface area contributed by atoms with Gasteiger partial charge in [0.15, 0.2) is 0 Å². The second-order valence-corrected chi connectivity index (χ2v) is 10.7. The van der Waals surface area contributed by atoms with Crippen molar-refractivity contribution in [1.82, 2.24) is 34.7 Å². The number of hydrogen-bond donors (Lipinski definition) is 3. The molecule has 0 saturated heterocycles. The zero-order valence-electron chi connectivity index (χ0n) is 27.0. The Hall–Kier alpha value is -4.28. The summed E-state index contributed by atoms with van der Waals surface area (Å²) in [6.45, 7) is 0.123. The molecule has 0 fully saturated rings. The molecule has 0 rings (SSSR count). The summed E-state index contributed by atoms with van der Waals surface area (Å²) in [5.41, 5.74) is 10.8. The maximum absolute atomic E-state index is 12.7. The average Bonchev–Trinajstić information content (AvgIpc) is 2.95. The number of hydrogen-bond acceptors (Lipinski definition) is 9. The van der Waals surface area contributed by atoms with Gasteiger partial charge in [0, 0.05) is 48.7 Å². The van der Waals surface area contributed by atoms with Crippen molar-refractivity contribution in [3.05, 3.63) is 0 Å². The summed E-state index contributed by atoms with van der Waals surface area (Å²) in [7, 11) is 8.37. The van der Waals surface area contributed by atoms with Gasteiger partial charge in [-0.15, -0.1) is 0 Å². The maximum Gasteiger partial charge on any atom is 0.242 e. The highest BCUT2D eigenvalue weighted by molar-refractivity contribution is 5.93. The monoisotopic (exact) mass is 627 g/mol. The van der Waals surface area contributed by atoms with E-state index in [2.05, 4.69) is 5.32 Å². The lowest BCUT2D eigenvalue weighted by Crippen LogP contribution is -2.50. The summed E-state index contributed by atoms with van der Waals surface area (Å²) >= 11 is 0. The lowest BCUT2D eigenvalue weighted by atomic mass is 10.1. The van der Waals surface area contributed by atoms with Crippen molar-refractivity contribution in [2.45, 2.75) is 38.6 Å².